The lowest BCUT2D eigenvalue weighted by Crippen LogP contribution is -2.02. The molecule has 0 radical (unpaired) electrons. The Bertz CT molecular complexity index is 478. The minimum atomic E-state index is 0.756. The van der Waals surface area contributed by atoms with Gasteiger partial charge in [0.15, 0.2) is 0 Å². The molecular weight excluding hydrogens is 208 g/mol. The van der Waals surface area contributed by atoms with Gasteiger partial charge in [-0.3, -0.25) is 0 Å². The first kappa shape index (κ1) is 11.9. The van der Waals surface area contributed by atoms with E-state index < -0.39 is 0 Å². The molecular formula is C15H20N2. The highest BCUT2D eigenvalue weighted by atomic mass is 15.0. The van der Waals surface area contributed by atoms with E-state index in [0.717, 1.165) is 19.4 Å². The minimum absolute atomic E-state index is 0.756. The zero-order valence-corrected chi connectivity index (χ0v) is 10.6. The van der Waals surface area contributed by atoms with Crippen LogP contribution in [0.25, 0.3) is 5.69 Å². The molecule has 0 saturated carbocycles. The molecule has 1 aromatic carbocycles. The van der Waals surface area contributed by atoms with Gasteiger partial charge in [0.05, 0.1) is 0 Å². The first-order chi connectivity index (χ1) is 8.22. The van der Waals surface area contributed by atoms with E-state index in [2.05, 4.69) is 54.8 Å². The van der Waals surface area contributed by atoms with Gasteiger partial charge in [0.2, 0.25) is 0 Å². The maximum Gasteiger partial charge on any atom is 0.0457 e. The van der Waals surface area contributed by atoms with Gasteiger partial charge in [0, 0.05) is 17.1 Å². The van der Waals surface area contributed by atoms with Gasteiger partial charge in [0.25, 0.3) is 0 Å². The van der Waals surface area contributed by atoms with E-state index in [1.54, 1.807) is 0 Å². The normalized spacial score (nSPS) is 10.8. The summed E-state index contributed by atoms with van der Waals surface area (Å²) in [6, 6.07) is 13.0. The van der Waals surface area contributed by atoms with Crippen molar-refractivity contribution in [3.8, 4) is 5.69 Å². The molecule has 0 saturated heterocycles. The van der Waals surface area contributed by atoms with Crippen LogP contribution in [0, 0.1) is 13.8 Å². The summed E-state index contributed by atoms with van der Waals surface area (Å²) in [5, 5.41) is 0. The number of aryl methyl sites for hydroxylation is 3. The fourth-order valence-corrected chi connectivity index (χ4v) is 2.23. The van der Waals surface area contributed by atoms with Crippen LogP contribution in [0.2, 0.25) is 0 Å². The largest absolute Gasteiger partial charge is 0.330 e. The SMILES string of the molecule is Cc1ccc(C)n1-c1cccc(CCCN)c1. The molecule has 2 rings (SSSR count). The van der Waals surface area contributed by atoms with Gasteiger partial charge in [-0.05, 0) is 63.1 Å². The molecule has 2 aromatic rings. The van der Waals surface area contributed by atoms with E-state index in [9.17, 15) is 0 Å². The third-order valence-electron chi connectivity index (χ3n) is 3.11. The van der Waals surface area contributed by atoms with Crippen molar-refractivity contribution in [1.29, 1.82) is 0 Å². The Morgan fingerprint density at radius 3 is 2.41 bits per heavy atom. The molecule has 2 nitrogen and oxygen atoms in total. The van der Waals surface area contributed by atoms with Crippen LogP contribution in [-0.2, 0) is 6.42 Å². The number of hydrogen-bond acceptors (Lipinski definition) is 1. The molecule has 0 spiro atoms. The van der Waals surface area contributed by atoms with Gasteiger partial charge in [-0.2, -0.15) is 0 Å². The lowest BCUT2D eigenvalue weighted by molar-refractivity contribution is 0.830. The molecule has 0 atom stereocenters. The van der Waals surface area contributed by atoms with Crippen LogP contribution >= 0.6 is 0 Å². The fraction of sp³-hybridized carbons (Fsp3) is 0.333. The van der Waals surface area contributed by atoms with Crippen LogP contribution in [0.3, 0.4) is 0 Å². The van der Waals surface area contributed by atoms with Crippen molar-refractivity contribution in [2.24, 2.45) is 5.73 Å². The van der Waals surface area contributed by atoms with Gasteiger partial charge in [-0.25, -0.2) is 0 Å². The molecule has 0 aliphatic heterocycles. The Kier molecular flexibility index (Phi) is 3.64. The standard InChI is InChI=1S/C15H20N2/c1-12-8-9-13(2)17(12)15-7-3-5-14(11-15)6-4-10-16/h3,5,7-9,11H,4,6,10,16H2,1-2H3. The Morgan fingerprint density at radius 1 is 1.06 bits per heavy atom. The summed E-state index contributed by atoms with van der Waals surface area (Å²) in [5.74, 6) is 0. The zero-order valence-electron chi connectivity index (χ0n) is 10.6. The molecule has 90 valence electrons. The molecule has 2 heteroatoms. The molecule has 1 heterocycles. The highest BCUT2D eigenvalue weighted by Gasteiger charge is 2.04. The Morgan fingerprint density at radius 2 is 1.76 bits per heavy atom. The molecule has 2 N–H and O–H groups in total. The molecule has 0 unspecified atom stereocenters. The third kappa shape index (κ3) is 2.59. The maximum absolute atomic E-state index is 5.55. The number of nitrogens with zero attached hydrogens (tertiary/aromatic N) is 1. The summed E-state index contributed by atoms with van der Waals surface area (Å²) < 4.78 is 2.28. The van der Waals surface area contributed by atoms with E-state index in [-0.39, 0.29) is 0 Å². The maximum atomic E-state index is 5.55. The molecule has 17 heavy (non-hydrogen) atoms. The summed E-state index contributed by atoms with van der Waals surface area (Å²) in [6.45, 7) is 5.03. The molecule has 0 amide bonds. The Labute approximate surface area is 103 Å². The number of rotatable bonds is 4. The summed E-state index contributed by atoms with van der Waals surface area (Å²) in [4.78, 5) is 0. The Balaban J connectivity index is 2.33. The van der Waals surface area contributed by atoms with Gasteiger partial charge in [-0.1, -0.05) is 12.1 Å². The zero-order chi connectivity index (χ0) is 12.3. The average molecular weight is 228 g/mol. The summed E-state index contributed by atoms with van der Waals surface area (Å²) in [6.07, 6.45) is 2.11. The lowest BCUT2D eigenvalue weighted by Gasteiger charge is -2.11. The quantitative estimate of drug-likeness (QED) is 0.857. The van der Waals surface area contributed by atoms with Crippen molar-refractivity contribution >= 4 is 0 Å². The second-order valence-electron chi connectivity index (χ2n) is 4.51. The van der Waals surface area contributed by atoms with Crippen molar-refractivity contribution in [3.63, 3.8) is 0 Å². The van der Waals surface area contributed by atoms with Crippen LogP contribution in [0.4, 0.5) is 0 Å². The van der Waals surface area contributed by atoms with E-state index >= 15 is 0 Å². The van der Waals surface area contributed by atoms with Crippen LogP contribution in [-0.4, -0.2) is 11.1 Å². The summed E-state index contributed by atoms with van der Waals surface area (Å²) in [5.41, 5.74) is 10.7. The molecule has 0 bridgehead atoms. The predicted molar refractivity (Wildman–Crippen MR) is 72.6 cm³/mol. The van der Waals surface area contributed by atoms with Crippen molar-refractivity contribution < 1.29 is 0 Å². The van der Waals surface area contributed by atoms with E-state index in [4.69, 9.17) is 5.73 Å². The van der Waals surface area contributed by atoms with E-state index in [1.165, 1.54) is 22.6 Å². The minimum Gasteiger partial charge on any atom is -0.330 e. The number of aromatic nitrogens is 1. The first-order valence-corrected chi connectivity index (χ1v) is 6.16. The monoisotopic (exact) mass is 228 g/mol. The molecule has 1 aromatic heterocycles. The van der Waals surface area contributed by atoms with Crippen molar-refractivity contribution in [3.05, 3.63) is 53.3 Å². The Hall–Kier alpha value is -1.54. The molecule has 0 fully saturated rings. The van der Waals surface area contributed by atoms with E-state index in [0.29, 0.717) is 0 Å². The van der Waals surface area contributed by atoms with Crippen molar-refractivity contribution in [2.75, 3.05) is 6.54 Å². The topological polar surface area (TPSA) is 30.9 Å². The molecule has 0 aliphatic carbocycles. The first-order valence-electron chi connectivity index (χ1n) is 6.16. The second-order valence-corrected chi connectivity index (χ2v) is 4.51. The van der Waals surface area contributed by atoms with Crippen LogP contribution in [0.5, 0.6) is 0 Å². The van der Waals surface area contributed by atoms with Crippen LogP contribution < -0.4 is 5.73 Å². The fourth-order valence-electron chi connectivity index (χ4n) is 2.23. The predicted octanol–water partition coefficient (Wildman–Crippen LogP) is 2.99. The summed E-state index contributed by atoms with van der Waals surface area (Å²) in [7, 11) is 0. The second kappa shape index (κ2) is 5.19. The van der Waals surface area contributed by atoms with Gasteiger partial charge >= 0.3 is 0 Å². The van der Waals surface area contributed by atoms with Gasteiger partial charge in [0.1, 0.15) is 0 Å². The van der Waals surface area contributed by atoms with Gasteiger partial charge in [-0.15, -0.1) is 0 Å². The lowest BCUT2D eigenvalue weighted by atomic mass is 10.1. The molecule has 0 aliphatic rings. The van der Waals surface area contributed by atoms with Crippen molar-refractivity contribution in [2.45, 2.75) is 26.7 Å². The van der Waals surface area contributed by atoms with Gasteiger partial charge < -0.3 is 10.3 Å². The smallest absolute Gasteiger partial charge is 0.0457 e. The number of hydrogen-bond donors (Lipinski definition) is 1. The third-order valence-corrected chi connectivity index (χ3v) is 3.11. The average Bonchev–Trinajstić information content (AvgIpc) is 2.67. The number of nitrogens with two attached hydrogens (primary N) is 1. The van der Waals surface area contributed by atoms with Crippen LogP contribution in [0.1, 0.15) is 23.4 Å². The summed E-state index contributed by atoms with van der Waals surface area (Å²) >= 11 is 0. The highest BCUT2D eigenvalue weighted by molar-refractivity contribution is 5.40. The van der Waals surface area contributed by atoms with Crippen molar-refractivity contribution in [1.82, 2.24) is 4.57 Å². The van der Waals surface area contributed by atoms with Crippen LogP contribution in [0.15, 0.2) is 36.4 Å². The highest BCUT2D eigenvalue weighted by Crippen LogP contribution is 2.17. The number of benzene rings is 1. The van der Waals surface area contributed by atoms with E-state index in [1.807, 2.05) is 0 Å².